The molecular weight excluding hydrogens is 757 g/mol. The number of amides is 4. The first-order valence-electron chi connectivity index (χ1n) is 17.9. The van der Waals surface area contributed by atoms with Crippen molar-refractivity contribution in [2.45, 2.75) is 63.7 Å². The van der Waals surface area contributed by atoms with Crippen LogP contribution in [0.3, 0.4) is 0 Å². The van der Waals surface area contributed by atoms with E-state index in [0.29, 0.717) is 23.4 Å². The fourth-order valence-electron chi connectivity index (χ4n) is 7.41. The van der Waals surface area contributed by atoms with Crippen LogP contribution in [0.5, 0.6) is 0 Å². The summed E-state index contributed by atoms with van der Waals surface area (Å²) in [5.41, 5.74) is 0.414. The molecule has 15 nitrogen and oxygen atoms in total. The number of alkyl halides is 3. The van der Waals surface area contributed by atoms with Crippen molar-refractivity contribution in [2.24, 2.45) is 5.41 Å². The minimum Gasteiger partial charge on any atom is -0.350 e. The molecule has 3 fully saturated rings. The lowest BCUT2D eigenvalue weighted by Crippen LogP contribution is -2.61. The molecule has 1 saturated carbocycles. The number of anilines is 1. The number of hydrogen-bond acceptors (Lipinski definition) is 11. The second-order valence-electron chi connectivity index (χ2n) is 15.2. The van der Waals surface area contributed by atoms with Gasteiger partial charge in [-0.25, -0.2) is 28.5 Å². The highest BCUT2D eigenvalue weighted by atomic mass is 19.4. The van der Waals surface area contributed by atoms with Crippen LogP contribution in [0.25, 0.3) is 22.8 Å². The predicted molar refractivity (Wildman–Crippen MR) is 189 cm³/mol. The first-order chi connectivity index (χ1) is 27.1. The Bertz CT molecular complexity index is 2320. The van der Waals surface area contributed by atoms with Crippen LogP contribution < -0.4 is 15.5 Å². The molecule has 0 bridgehead atoms. The van der Waals surface area contributed by atoms with E-state index in [1.807, 2.05) is 12.1 Å². The summed E-state index contributed by atoms with van der Waals surface area (Å²) in [7, 11) is 0. The zero-order valence-corrected chi connectivity index (χ0v) is 30.5. The third-order valence-corrected chi connectivity index (χ3v) is 10.7. The minimum absolute atomic E-state index is 0.0138. The molecule has 8 rings (SSSR count). The molecule has 4 amide bonds. The molecule has 57 heavy (non-hydrogen) atoms. The molecule has 5 aromatic rings. The number of urea groups is 1. The number of rotatable bonds is 10. The van der Waals surface area contributed by atoms with Gasteiger partial charge in [-0.3, -0.25) is 34.8 Å². The number of H-pyrrole nitrogens is 1. The highest BCUT2D eigenvalue weighted by Crippen LogP contribution is 2.56. The quantitative estimate of drug-likeness (QED) is 0.158. The number of halogens is 5. The maximum absolute atomic E-state index is 15.0. The van der Waals surface area contributed by atoms with Crippen molar-refractivity contribution < 1.29 is 40.9 Å². The van der Waals surface area contributed by atoms with Gasteiger partial charge < -0.3 is 9.84 Å². The lowest BCUT2D eigenvalue weighted by atomic mass is 9.56. The number of aromatic amines is 1. The summed E-state index contributed by atoms with van der Waals surface area (Å²) in [4.78, 5) is 56.5. The van der Waals surface area contributed by atoms with E-state index in [1.54, 1.807) is 18.6 Å². The average Bonchev–Trinajstić information content (AvgIpc) is 3.83. The number of hydrogen-bond donors (Lipinski definition) is 3. The lowest BCUT2D eigenvalue weighted by Gasteiger charge is -2.59. The number of likely N-dealkylation sites (tertiary alicyclic amines) is 1. The van der Waals surface area contributed by atoms with Crippen LogP contribution in [0.1, 0.15) is 72.4 Å². The molecule has 6 heterocycles. The molecule has 20 heteroatoms. The second kappa shape index (κ2) is 14.1. The van der Waals surface area contributed by atoms with Crippen molar-refractivity contribution in [1.82, 2.24) is 50.8 Å². The Hall–Kier alpha value is -6.18. The maximum Gasteiger partial charge on any atom is 0.401 e. The first-order valence-corrected chi connectivity index (χ1v) is 17.9. The van der Waals surface area contributed by atoms with E-state index in [-0.39, 0.29) is 53.9 Å². The third-order valence-electron chi connectivity index (χ3n) is 10.7. The van der Waals surface area contributed by atoms with Gasteiger partial charge in [0.25, 0.3) is 5.91 Å². The van der Waals surface area contributed by atoms with Gasteiger partial charge in [-0.1, -0.05) is 11.2 Å². The number of pyridine rings is 1. The fraction of sp³-hybridized carbons (Fsp3) is 0.378. The third kappa shape index (κ3) is 7.31. The van der Waals surface area contributed by atoms with E-state index in [4.69, 9.17) is 4.52 Å². The van der Waals surface area contributed by atoms with Gasteiger partial charge in [-0.2, -0.15) is 18.3 Å². The largest absolute Gasteiger partial charge is 0.401 e. The van der Waals surface area contributed by atoms with Crippen molar-refractivity contribution >= 4 is 23.5 Å². The van der Waals surface area contributed by atoms with Gasteiger partial charge in [0.05, 0.1) is 12.2 Å². The summed E-state index contributed by atoms with van der Waals surface area (Å²) in [6.45, 7) is 3.99. The number of nitrogens with zero attached hydrogens (tertiary/aromatic N) is 8. The molecule has 1 aliphatic carbocycles. The zero-order chi connectivity index (χ0) is 40.3. The second-order valence-corrected chi connectivity index (χ2v) is 15.2. The van der Waals surface area contributed by atoms with Gasteiger partial charge in [-0.05, 0) is 67.3 Å². The molecule has 296 valence electrons. The number of aromatic nitrogens is 7. The Labute approximate surface area is 320 Å². The molecule has 4 aromatic heterocycles. The Kier molecular flexibility index (Phi) is 9.32. The van der Waals surface area contributed by atoms with Crippen LogP contribution in [-0.4, -0.2) is 83.8 Å². The lowest BCUT2D eigenvalue weighted by molar-refractivity contribution is -0.182. The first kappa shape index (κ1) is 37.7. The van der Waals surface area contributed by atoms with Crippen LogP contribution in [0.2, 0.25) is 0 Å². The van der Waals surface area contributed by atoms with E-state index in [1.165, 1.54) is 18.2 Å². The van der Waals surface area contributed by atoms with Crippen LogP contribution >= 0.6 is 0 Å². The fourth-order valence-corrected chi connectivity index (χ4v) is 7.41. The van der Waals surface area contributed by atoms with Gasteiger partial charge in [0.15, 0.2) is 17.3 Å². The molecule has 2 aliphatic heterocycles. The zero-order valence-electron chi connectivity index (χ0n) is 30.5. The molecule has 2 saturated heterocycles. The van der Waals surface area contributed by atoms with Gasteiger partial charge in [0.1, 0.15) is 28.6 Å². The van der Waals surface area contributed by atoms with Crippen molar-refractivity contribution in [1.29, 1.82) is 0 Å². The Morgan fingerprint density at radius 2 is 1.72 bits per heavy atom. The summed E-state index contributed by atoms with van der Waals surface area (Å²) in [6.07, 6.45) is 1.92. The monoisotopic (exact) mass is 791 g/mol. The standard InChI is InChI=1S/C37H34F5N11O4/c1-35(2,37(40,41)42)33-47-28(49-50-33)15-46-32(55)27-9-26(51-57-27)31-44-13-22(14-45-31)25-4-3-19(12-43-25)16-52-17-36(18-52)10-21(11-36)20-7-23(38)30(24(39)8-20)53-6-5-29(54)48-34(53)56/h3-4,7-9,12-14,21H,5-6,10-11,15-18H2,1-2H3,(H,46,55)(H,47,49,50)(H,48,54,56). The summed E-state index contributed by atoms with van der Waals surface area (Å²) in [6, 6.07) is 6.92. The summed E-state index contributed by atoms with van der Waals surface area (Å²) < 4.78 is 75.1. The number of benzene rings is 1. The Morgan fingerprint density at radius 3 is 2.37 bits per heavy atom. The van der Waals surface area contributed by atoms with Gasteiger partial charge in [0.2, 0.25) is 11.7 Å². The summed E-state index contributed by atoms with van der Waals surface area (Å²) in [5, 5.41) is 14.5. The van der Waals surface area contributed by atoms with Crippen molar-refractivity contribution in [2.75, 3.05) is 24.5 Å². The van der Waals surface area contributed by atoms with E-state index in [9.17, 15) is 27.6 Å². The van der Waals surface area contributed by atoms with E-state index >= 15 is 8.78 Å². The number of carbonyl (C=O) groups is 3. The molecule has 0 unspecified atom stereocenters. The molecule has 1 aromatic carbocycles. The molecule has 1 spiro atoms. The van der Waals surface area contributed by atoms with Crippen LogP contribution in [-0.2, 0) is 23.3 Å². The average molecular weight is 792 g/mol. The highest BCUT2D eigenvalue weighted by Gasteiger charge is 2.53. The van der Waals surface area contributed by atoms with Crippen molar-refractivity contribution in [3.63, 3.8) is 0 Å². The maximum atomic E-state index is 15.0. The van der Waals surface area contributed by atoms with E-state index in [2.05, 4.69) is 50.8 Å². The molecular formula is C37H34F5N11O4. The summed E-state index contributed by atoms with van der Waals surface area (Å²) in [5.74, 6) is -3.20. The molecule has 3 N–H and O–H groups in total. The Balaban J connectivity index is 0.803. The SMILES string of the molecule is CC(C)(c1n[nH]c(CNC(=O)c2cc(-c3ncc(-c4ccc(CN5CC6(CC(c7cc(F)c(N8CCC(=O)NC8=O)c(F)c7)C6)C5)cn4)cn3)no2)n1)C(F)(F)F. The minimum atomic E-state index is -4.56. The Morgan fingerprint density at radius 1 is 1.00 bits per heavy atom. The number of carbonyl (C=O) groups excluding carboxylic acids is 3. The van der Waals surface area contributed by atoms with Crippen LogP contribution in [0, 0.1) is 17.0 Å². The number of imide groups is 1. The number of nitrogens with one attached hydrogen (secondary N) is 3. The van der Waals surface area contributed by atoms with Crippen molar-refractivity contribution in [3.05, 3.63) is 89.1 Å². The van der Waals surface area contributed by atoms with E-state index < -0.39 is 52.6 Å². The molecule has 3 aliphatic rings. The van der Waals surface area contributed by atoms with Gasteiger partial charge >= 0.3 is 12.2 Å². The van der Waals surface area contributed by atoms with Crippen molar-refractivity contribution in [3.8, 4) is 22.8 Å². The van der Waals surface area contributed by atoms with Crippen LogP contribution in [0.4, 0.5) is 32.4 Å². The predicted octanol–water partition coefficient (Wildman–Crippen LogP) is 5.19. The highest BCUT2D eigenvalue weighted by molar-refractivity contribution is 6.05. The normalized spacial score (nSPS) is 17.4. The van der Waals surface area contributed by atoms with Gasteiger partial charge in [-0.15, -0.1) is 0 Å². The topological polar surface area (TPSA) is 188 Å². The smallest absolute Gasteiger partial charge is 0.350 e. The molecule has 0 radical (unpaired) electrons. The van der Waals surface area contributed by atoms with Crippen LogP contribution in [0.15, 0.2) is 53.4 Å². The van der Waals surface area contributed by atoms with E-state index in [0.717, 1.165) is 50.2 Å². The summed E-state index contributed by atoms with van der Waals surface area (Å²) >= 11 is 0. The molecule has 0 atom stereocenters. The van der Waals surface area contributed by atoms with Gasteiger partial charge in [0, 0.05) is 62.8 Å².